The van der Waals surface area contributed by atoms with Crippen molar-refractivity contribution in [1.82, 2.24) is 15.2 Å². The molecule has 0 radical (unpaired) electrons. The lowest BCUT2D eigenvalue weighted by atomic mass is 10.3. The standard InChI is InChI=1S/C16H21FN4/c1-21(2)10-9-18-11-15-7-8-16(12-19-15)20-14-5-3-13(17)4-6-14/h3-8,12,18,20H,9-11H2,1-2H3. The summed E-state index contributed by atoms with van der Waals surface area (Å²) in [6.45, 7) is 2.69. The summed E-state index contributed by atoms with van der Waals surface area (Å²) in [6.07, 6.45) is 1.78. The molecule has 21 heavy (non-hydrogen) atoms. The van der Waals surface area contributed by atoms with Gasteiger partial charge in [-0.05, 0) is 50.5 Å². The maximum absolute atomic E-state index is 12.8. The first kappa shape index (κ1) is 15.4. The number of nitrogens with zero attached hydrogens (tertiary/aromatic N) is 2. The van der Waals surface area contributed by atoms with E-state index < -0.39 is 0 Å². The zero-order valence-electron chi connectivity index (χ0n) is 12.4. The zero-order chi connectivity index (χ0) is 15.1. The van der Waals surface area contributed by atoms with Crippen molar-refractivity contribution >= 4 is 11.4 Å². The van der Waals surface area contributed by atoms with Crippen LogP contribution in [0.25, 0.3) is 0 Å². The van der Waals surface area contributed by atoms with Crippen LogP contribution in [0, 0.1) is 5.82 Å². The number of anilines is 2. The molecule has 0 bridgehead atoms. The highest BCUT2D eigenvalue weighted by molar-refractivity contribution is 5.58. The SMILES string of the molecule is CN(C)CCNCc1ccc(Nc2ccc(F)cc2)cn1. The number of aromatic nitrogens is 1. The minimum absolute atomic E-state index is 0.238. The van der Waals surface area contributed by atoms with Crippen molar-refractivity contribution in [2.24, 2.45) is 0 Å². The van der Waals surface area contributed by atoms with Crippen LogP contribution in [0.2, 0.25) is 0 Å². The molecule has 0 aliphatic carbocycles. The van der Waals surface area contributed by atoms with E-state index in [1.54, 1.807) is 18.3 Å². The van der Waals surface area contributed by atoms with E-state index in [2.05, 4.69) is 34.6 Å². The van der Waals surface area contributed by atoms with Gasteiger partial charge in [-0.25, -0.2) is 4.39 Å². The lowest BCUT2D eigenvalue weighted by molar-refractivity contribution is 0.399. The largest absolute Gasteiger partial charge is 0.354 e. The first-order valence-corrected chi connectivity index (χ1v) is 6.96. The number of benzene rings is 1. The molecule has 1 heterocycles. The van der Waals surface area contributed by atoms with Crippen LogP contribution < -0.4 is 10.6 Å². The van der Waals surface area contributed by atoms with E-state index in [0.717, 1.165) is 36.7 Å². The molecule has 0 atom stereocenters. The third kappa shape index (κ3) is 5.49. The van der Waals surface area contributed by atoms with Crippen molar-refractivity contribution in [2.45, 2.75) is 6.54 Å². The molecule has 4 nitrogen and oxygen atoms in total. The lowest BCUT2D eigenvalue weighted by Gasteiger charge is -2.10. The monoisotopic (exact) mass is 288 g/mol. The molecule has 0 aliphatic rings. The average molecular weight is 288 g/mol. The fourth-order valence-electron chi connectivity index (χ4n) is 1.82. The highest BCUT2D eigenvalue weighted by atomic mass is 19.1. The molecule has 0 spiro atoms. The van der Waals surface area contributed by atoms with Gasteiger partial charge in [0.1, 0.15) is 5.82 Å². The van der Waals surface area contributed by atoms with Gasteiger partial charge in [-0.1, -0.05) is 0 Å². The zero-order valence-corrected chi connectivity index (χ0v) is 12.4. The summed E-state index contributed by atoms with van der Waals surface area (Å²) in [6, 6.07) is 10.2. The van der Waals surface area contributed by atoms with Crippen molar-refractivity contribution in [1.29, 1.82) is 0 Å². The number of nitrogens with one attached hydrogen (secondary N) is 2. The number of rotatable bonds is 7. The van der Waals surface area contributed by atoms with E-state index in [9.17, 15) is 4.39 Å². The molecule has 112 valence electrons. The summed E-state index contributed by atoms with van der Waals surface area (Å²) in [4.78, 5) is 6.53. The Balaban J connectivity index is 1.82. The van der Waals surface area contributed by atoms with Crippen molar-refractivity contribution in [3.05, 3.63) is 54.1 Å². The summed E-state index contributed by atoms with van der Waals surface area (Å²) in [5.74, 6) is -0.238. The van der Waals surface area contributed by atoms with Crippen LogP contribution in [0.15, 0.2) is 42.6 Å². The third-order valence-electron chi connectivity index (χ3n) is 3.00. The van der Waals surface area contributed by atoms with Crippen molar-refractivity contribution in [3.63, 3.8) is 0 Å². The van der Waals surface area contributed by atoms with Crippen molar-refractivity contribution in [3.8, 4) is 0 Å². The average Bonchev–Trinajstić information content (AvgIpc) is 2.47. The van der Waals surface area contributed by atoms with Gasteiger partial charge in [-0.15, -0.1) is 0 Å². The highest BCUT2D eigenvalue weighted by Gasteiger charge is 1.98. The molecule has 2 N–H and O–H groups in total. The van der Waals surface area contributed by atoms with E-state index >= 15 is 0 Å². The molecular weight excluding hydrogens is 267 g/mol. The number of pyridine rings is 1. The third-order valence-corrected chi connectivity index (χ3v) is 3.00. The molecule has 2 rings (SSSR count). The van der Waals surface area contributed by atoms with Gasteiger partial charge in [-0.3, -0.25) is 4.98 Å². The van der Waals surface area contributed by atoms with Gasteiger partial charge >= 0.3 is 0 Å². The maximum atomic E-state index is 12.8. The minimum Gasteiger partial charge on any atom is -0.354 e. The second-order valence-electron chi connectivity index (χ2n) is 5.15. The number of likely N-dealkylation sites (N-methyl/N-ethyl adjacent to an activating group) is 1. The van der Waals surface area contributed by atoms with E-state index in [1.165, 1.54) is 12.1 Å². The molecule has 0 saturated carbocycles. The van der Waals surface area contributed by atoms with Crippen LogP contribution in [-0.4, -0.2) is 37.1 Å². The fraction of sp³-hybridized carbons (Fsp3) is 0.312. The Morgan fingerprint density at radius 2 is 1.76 bits per heavy atom. The van der Waals surface area contributed by atoms with Gasteiger partial charge in [-0.2, -0.15) is 0 Å². The van der Waals surface area contributed by atoms with E-state index in [4.69, 9.17) is 0 Å². The number of halogens is 1. The van der Waals surface area contributed by atoms with E-state index in [0.29, 0.717) is 0 Å². The molecule has 1 aromatic heterocycles. The summed E-state index contributed by atoms with van der Waals surface area (Å²) in [7, 11) is 4.10. The normalized spacial score (nSPS) is 10.9. The molecule has 0 fully saturated rings. The second kappa shape index (κ2) is 7.71. The highest BCUT2D eigenvalue weighted by Crippen LogP contribution is 2.16. The lowest BCUT2D eigenvalue weighted by Crippen LogP contribution is -2.26. The van der Waals surface area contributed by atoms with Crippen LogP contribution in [0.1, 0.15) is 5.69 Å². The van der Waals surface area contributed by atoms with Crippen LogP contribution in [0.5, 0.6) is 0 Å². The second-order valence-corrected chi connectivity index (χ2v) is 5.15. The van der Waals surface area contributed by atoms with Crippen LogP contribution >= 0.6 is 0 Å². The Hall–Kier alpha value is -1.98. The summed E-state index contributed by atoms with van der Waals surface area (Å²) >= 11 is 0. The Labute approximate surface area is 125 Å². The first-order chi connectivity index (χ1) is 10.1. The molecule has 5 heteroatoms. The molecular formula is C16H21FN4. The van der Waals surface area contributed by atoms with E-state index in [1.807, 2.05) is 12.1 Å². The van der Waals surface area contributed by atoms with Gasteiger partial charge in [0.05, 0.1) is 17.6 Å². The molecule has 0 unspecified atom stereocenters. The first-order valence-electron chi connectivity index (χ1n) is 6.96. The molecule has 2 aromatic rings. The predicted molar refractivity (Wildman–Crippen MR) is 84.2 cm³/mol. The summed E-state index contributed by atoms with van der Waals surface area (Å²) in [5, 5.41) is 6.53. The van der Waals surface area contributed by atoms with Crippen molar-refractivity contribution in [2.75, 3.05) is 32.5 Å². The van der Waals surface area contributed by atoms with Gasteiger partial charge in [0.15, 0.2) is 0 Å². The molecule has 1 aromatic carbocycles. The Bertz CT molecular complexity index is 537. The maximum Gasteiger partial charge on any atom is 0.123 e. The van der Waals surface area contributed by atoms with Crippen molar-refractivity contribution < 1.29 is 4.39 Å². The molecule has 0 saturated heterocycles. The van der Waals surface area contributed by atoms with Gasteiger partial charge in [0, 0.05) is 25.3 Å². The van der Waals surface area contributed by atoms with Gasteiger partial charge in [0.25, 0.3) is 0 Å². The minimum atomic E-state index is -0.238. The molecule has 0 aliphatic heterocycles. The van der Waals surface area contributed by atoms with Crippen LogP contribution in [0.3, 0.4) is 0 Å². The summed E-state index contributed by atoms with van der Waals surface area (Å²) in [5.41, 5.74) is 2.73. The van der Waals surface area contributed by atoms with Gasteiger partial charge < -0.3 is 15.5 Å². The predicted octanol–water partition coefficient (Wildman–Crippen LogP) is 2.62. The smallest absolute Gasteiger partial charge is 0.123 e. The van der Waals surface area contributed by atoms with Crippen LogP contribution in [-0.2, 0) is 6.54 Å². The molecule has 0 amide bonds. The topological polar surface area (TPSA) is 40.2 Å². The Morgan fingerprint density at radius 3 is 2.38 bits per heavy atom. The Kier molecular flexibility index (Phi) is 5.66. The quantitative estimate of drug-likeness (QED) is 0.768. The number of hydrogen-bond acceptors (Lipinski definition) is 4. The number of hydrogen-bond donors (Lipinski definition) is 2. The fourth-order valence-corrected chi connectivity index (χ4v) is 1.82. The van der Waals surface area contributed by atoms with E-state index in [-0.39, 0.29) is 5.82 Å². The Morgan fingerprint density at radius 1 is 1.05 bits per heavy atom. The summed E-state index contributed by atoms with van der Waals surface area (Å²) < 4.78 is 12.8. The van der Waals surface area contributed by atoms with Crippen LogP contribution in [0.4, 0.5) is 15.8 Å². The van der Waals surface area contributed by atoms with Gasteiger partial charge in [0.2, 0.25) is 0 Å².